The van der Waals surface area contributed by atoms with Gasteiger partial charge in [-0.3, -0.25) is 4.79 Å². The fraction of sp³-hybridized carbons (Fsp3) is 0.588. The third kappa shape index (κ3) is 4.34. The minimum absolute atomic E-state index is 0.140. The van der Waals surface area contributed by atoms with E-state index in [1.165, 1.54) is 37.7 Å². The molecule has 1 aromatic rings. The maximum atomic E-state index is 12.1. The van der Waals surface area contributed by atoms with Gasteiger partial charge < -0.3 is 5.32 Å². The van der Waals surface area contributed by atoms with Crippen LogP contribution in [0.15, 0.2) is 24.3 Å². The molecule has 0 atom stereocenters. The quantitative estimate of drug-likeness (QED) is 0.808. The number of alkyl halides is 1. The van der Waals surface area contributed by atoms with E-state index >= 15 is 0 Å². The lowest BCUT2D eigenvalue weighted by molar-refractivity contribution is -0.121. The highest BCUT2D eigenvalue weighted by molar-refractivity contribution is 9.09. The van der Waals surface area contributed by atoms with Crippen LogP contribution in [-0.2, 0) is 11.2 Å². The van der Waals surface area contributed by atoms with Gasteiger partial charge in [-0.05, 0) is 30.7 Å². The van der Waals surface area contributed by atoms with Crippen LogP contribution in [0.4, 0.5) is 0 Å². The van der Waals surface area contributed by atoms with Crippen molar-refractivity contribution in [1.29, 1.82) is 0 Å². The van der Waals surface area contributed by atoms with Crippen LogP contribution in [-0.4, -0.2) is 17.8 Å². The van der Waals surface area contributed by atoms with Crippen LogP contribution >= 0.6 is 15.9 Å². The van der Waals surface area contributed by atoms with Crippen molar-refractivity contribution < 1.29 is 4.79 Å². The smallest absolute Gasteiger partial charge is 0.224 e. The predicted molar refractivity (Wildman–Crippen MR) is 87.2 cm³/mol. The van der Waals surface area contributed by atoms with E-state index in [-0.39, 0.29) is 11.3 Å². The molecule has 1 N–H and O–H groups in total. The molecular weight excluding hydrogens is 314 g/mol. The number of rotatable bonds is 5. The maximum absolute atomic E-state index is 12.1. The van der Waals surface area contributed by atoms with Gasteiger partial charge in [0, 0.05) is 11.9 Å². The first-order chi connectivity index (χ1) is 9.63. The molecule has 0 aromatic heterocycles. The van der Waals surface area contributed by atoms with Crippen LogP contribution in [0.1, 0.15) is 43.2 Å². The molecule has 3 heteroatoms. The van der Waals surface area contributed by atoms with Crippen molar-refractivity contribution in [1.82, 2.24) is 5.32 Å². The van der Waals surface area contributed by atoms with E-state index in [2.05, 4.69) is 40.3 Å². The normalized spacial score (nSPS) is 17.7. The Morgan fingerprint density at radius 1 is 1.30 bits per heavy atom. The van der Waals surface area contributed by atoms with Crippen LogP contribution < -0.4 is 5.32 Å². The number of aryl methyl sites for hydroxylation is 1. The van der Waals surface area contributed by atoms with Gasteiger partial charge in [0.25, 0.3) is 0 Å². The number of benzene rings is 1. The molecule has 0 spiro atoms. The summed E-state index contributed by atoms with van der Waals surface area (Å²) in [7, 11) is 0. The summed E-state index contributed by atoms with van der Waals surface area (Å²) < 4.78 is 0. The van der Waals surface area contributed by atoms with Gasteiger partial charge in [0.05, 0.1) is 6.42 Å². The molecule has 110 valence electrons. The zero-order valence-corrected chi connectivity index (χ0v) is 13.8. The van der Waals surface area contributed by atoms with E-state index in [9.17, 15) is 4.79 Å². The van der Waals surface area contributed by atoms with Crippen molar-refractivity contribution in [3.05, 3.63) is 35.4 Å². The van der Waals surface area contributed by atoms with Crippen molar-refractivity contribution >= 4 is 21.8 Å². The summed E-state index contributed by atoms with van der Waals surface area (Å²) in [4.78, 5) is 12.1. The maximum Gasteiger partial charge on any atom is 0.224 e. The third-order valence-corrected chi connectivity index (χ3v) is 5.49. The molecule has 1 aromatic carbocycles. The van der Waals surface area contributed by atoms with Crippen LogP contribution in [0.2, 0.25) is 0 Å². The lowest BCUT2D eigenvalue weighted by Crippen LogP contribution is -2.40. The summed E-state index contributed by atoms with van der Waals surface area (Å²) in [6, 6.07) is 8.18. The van der Waals surface area contributed by atoms with Crippen molar-refractivity contribution in [3.63, 3.8) is 0 Å². The van der Waals surface area contributed by atoms with E-state index in [1.807, 2.05) is 12.1 Å². The molecule has 0 heterocycles. The van der Waals surface area contributed by atoms with Crippen molar-refractivity contribution in [2.45, 2.75) is 45.4 Å². The summed E-state index contributed by atoms with van der Waals surface area (Å²) in [5.74, 6) is 0.140. The van der Waals surface area contributed by atoms with Crippen molar-refractivity contribution in [2.24, 2.45) is 5.41 Å². The van der Waals surface area contributed by atoms with Crippen LogP contribution in [0.5, 0.6) is 0 Å². The Hall–Kier alpha value is -0.830. The summed E-state index contributed by atoms with van der Waals surface area (Å²) in [5, 5.41) is 4.13. The number of hydrogen-bond acceptors (Lipinski definition) is 1. The molecular formula is C17H24BrNO. The molecule has 1 aliphatic rings. The molecule has 0 radical (unpaired) electrons. The van der Waals surface area contributed by atoms with Gasteiger partial charge in [-0.25, -0.2) is 0 Å². The molecule has 1 amide bonds. The Bertz CT molecular complexity index is 452. The average Bonchev–Trinajstić information content (AvgIpc) is 2.46. The minimum Gasteiger partial charge on any atom is -0.355 e. The van der Waals surface area contributed by atoms with Gasteiger partial charge in [0.2, 0.25) is 5.91 Å². The molecule has 0 bridgehead atoms. The Morgan fingerprint density at radius 3 is 2.70 bits per heavy atom. The molecule has 0 aliphatic heterocycles. The second-order valence-corrected chi connectivity index (χ2v) is 6.70. The molecule has 1 aliphatic carbocycles. The molecule has 0 unspecified atom stereocenters. The fourth-order valence-corrected chi connectivity index (χ4v) is 3.77. The van der Waals surface area contributed by atoms with Gasteiger partial charge >= 0.3 is 0 Å². The molecule has 1 fully saturated rings. The number of carbonyl (C=O) groups excluding carboxylic acids is 1. The zero-order valence-electron chi connectivity index (χ0n) is 12.3. The Kier molecular flexibility index (Phi) is 5.64. The van der Waals surface area contributed by atoms with Crippen LogP contribution in [0.3, 0.4) is 0 Å². The highest BCUT2D eigenvalue weighted by Gasteiger charge is 2.31. The van der Waals surface area contributed by atoms with E-state index in [0.717, 1.165) is 17.4 Å². The van der Waals surface area contributed by atoms with E-state index in [4.69, 9.17) is 0 Å². The number of halogens is 1. The van der Waals surface area contributed by atoms with Gasteiger partial charge in [0.15, 0.2) is 0 Å². The van der Waals surface area contributed by atoms with Gasteiger partial charge in [-0.15, -0.1) is 0 Å². The fourth-order valence-electron chi connectivity index (χ4n) is 3.02. The van der Waals surface area contributed by atoms with Gasteiger partial charge in [-0.2, -0.15) is 0 Å². The number of nitrogens with one attached hydrogen (secondary N) is 1. The summed E-state index contributed by atoms with van der Waals surface area (Å²) in [6.45, 7) is 2.87. The van der Waals surface area contributed by atoms with Crippen LogP contribution in [0.25, 0.3) is 0 Å². The number of amides is 1. The lowest BCUT2D eigenvalue weighted by atomic mass is 9.75. The first-order valence-electron chi connectivity index (χ1n) is 7.52. The topological polar surface area (TPSA) is 29.1 Å². The van der Waals surface area contributed by atoms with Crippen molar-refractivity contribution in [3.8, 4) is 0 Å². The van der Waals surface area contributed by atoms with Gasteiger partial charge in [0.1, 0.15) is 0 Å². The highest BCUT2D eigenvalue weighted by atomic mass is 79.9. The third-order valence-electron chi connectivity index (χ3n) is 4.31. The second kappa shape index (κ2) is 7.26. The Labute approximate surface area is 130 Å². The molecule has 2 nitrogen and oxygen atoms in total. The second-order valence-electron chi connectivity index (χ2n) is 6.14. The molecule has 0 saturated heterocycles. The van der Waals surface area contributed by atoms with Crippen LogP contribution in [0, 0.1) is 12.3 Å². The average molecular weight is 338 g/mol. The summed E-state index contributed by atoms with van der Waals surface area (Å²) in [6.07, 6.45) is 6.86. The molecule has 20 heavy (non-hydrogen) atoms. The predicted octanol–water partition coefficient (Wildman–Crippen LogP) is 4.00. The van der Waals surface area contributed by atoms with Crippen molar-refractivity contribution in [2.75, 3.05) is 11.9 Å². The standard InChI is InChI=1S/C17H24BrNO/c1-14-6-5-7-15(10-14)11-16(20)19-13-17(12-18)8-3-2-4-9-17/h5-7,10H,2-4,8-9,11-13H2,1H3,(H,19,20). The summed E-state index contributed by atoms with van der Waals surface area (Å²) in [5.41, 5.74) is 2.58. The Balaban J connectivity index is 1.85. The first kappa shape index (κ1) is 15.6. The number of carbonyl (C=O) groups is 1. The molecule has 1 saturated carbocycles. The van der Waals surface area contributed by atoms with E-state index in [1.54, 1.807) is 0 Å². The summed E-state index contributed by atoms with van der Waals surface area (Å²) >= 11 is 3.64. The van der Waals surface area contributed by atoms with Gasteiger partial charge in [-0.1, -0.05) is 65.0 Å². The zero-order chi connectivity index (χ0) is 14.4. The van der Waals surface area contributed by atoms with E-state index in [0.29, 0.717) is 6.42 Å². The SMILES string of the molecule is Cc1cccc(CC(=O)NCC2(CBr)CCCCC2)c1. The first-order valence-corrected chi connectivity index (χ1v) is 8.64. The minimum atomic E-state index is 0.140. The Morgan fingerprint density at radius 2 is 2.05 bits per heavy atom. The lowest BCUT2D eigenvalue weighted by Gasteiger charge is -2.35. The monoisotopic (exact) mass is 337 g/mol. The largest absolute Gasteiger partial charge is 0.355 e. The molecule has 2 rings (SSSR count). The highest BCUT2D eigenvalue weighted by Crippen LogP contribution is 2.37. The van der Waals surface area contributed by atoms with E-state index < -0.39 is 0 Å². The number of hydrogen-bond donors (Lipinski definition) is 1.